The lowest BCUT2D eigenvalue weighted by Gasteiger charge is -2.11. The van der Waals surface area contributed by atoms with Crippen LogP contribution in [0.2, 0.25) is 0 Å². The summed E-state index contributed by atoms with van der Waals surface area (Å²) in [6.07, 6.45) is 5.06. The van der Waals surface area contributed by atoms with Crippen LogP contribution in [0.1, 0.15) is 30.7 Å². The molecule has 0 radical (unpaired) electrons. The molecular weight excluding hydrogens is 424 g/mol. The Morgan fingerprint density at radius 3 is 2.82 bits per heavy atom. The van der Waals surface area contributed by atoms with Gasteiger partial charge in [-0.1, -0.05) is 6.07 Å². The molecule has 0 unspecified atom stereocenters. The van der Waals surface area contributed by atoms with Crippen LogP contribution in [0.25, 0.3) is 0 Å². The van der Waals surface area contributed by atoms with Gasteiger partial charge >= 0.3 is 11.7 Å². The summed E-state index contributed by atoms with van der Waals surface area (Å²) in [4.78, 5) is 28.7. The monoisotopic (exact) mass is 452 g/mol. The van der Waals surface area contributed by atoms with Crippen LogP contribution in [0.3, 0.4) is 0 Å². The Morgan fingerprint density at radius 2 is 2.06 bits per heavy atom. The highest BCUT2D eigenvalue weighted by atomic mass is 16.5. The molecular formula is C23H28N6O4. The number of rotatable bonds is 8. The highest BCUT2D eigenvalue weighted by molar-refractivity contribution is 5.88. The van der Waals surface area contributed by atoms with Crippen LogP contribution >= 0.6 is 0 Å². The number of nitrogens with one attached hydrogen (secondary N) is 2. The van der Waals surface area contributed by atoms with E-state index < -0.39 is 0 Å². The van der Waals surface area contributed by atoms with Gasteiger partial charge in [0, 0.05) is 32.1 Å². The Kier molecular flexibility index (Phi) is 6.92. The van der Waals surface area contributed by atoms with E-state index in [2.05, 4.69) is 20.7 Å². The first kappa shape index (κ1) is 22.4. The van der Waals surface area contributed by atoms with Crippen molar-refractivity contribution >= 4 is 11.7 Å². The number of fused-ring (bicyclic) bond motifs is 1. The van der Waals surface area contributed by atoms with Gasteiger partial charge in [-0.05, 0) is 49.9 Å². The van der Waals surface area contributed by atoms with Crippen molar-refractivity contribution < 1.29 is 14.3 Å². The minimum Gasteiger partial charge on any atom is -0.493 e. The molecule has 2 amide bonds. The molecule has 3 heterocycles. The molecule has 3 aromatic rings. The maximum absolute atomic E-state index is 12.3. The summed E-state index contributed by atoms with van der Waals surface area (Å²) in [5.74, 6) is 2.43. The molecule has 2 N–H and O–H groups in total. The lowest BCUT2D eigenvalue weighted by Crippen LogP contribution is -2.31. The van der Waals surface area contributed by atoms with E-state index in [1.807, 2.05) is 25.1 Å². The van der Waals surface area contributed by atoms with E-state index in [4.69, 9.17) is 9.47 Å². The summed E-state index contributed by atoms with van der Waals surface area (Å²) < 4.78 is 14.4. The fourth-order valence-corrected chi connectivity index (χ4v) is 3.69. The predicted octanol–water partition coefficient (Wildman–Crippen LogP) is 3.10. The smallest absolute Gasteiger partial charge is 0.345 e. The molecule has 0 aliphatic carbocycles. The second-order valence-electron chi connectivity index (χ2n) is 7.91. The SMILES string of the molecule is COc1cc(C)ccc1Oc1ccc(NC(=O)NCCCn2nc3n(c2=O)CCCC3)cn1. The molecule has 0 saturated carbocycles. The van der Waals surface area contributed by atoms with Crippen LogP contribution in [0.15, 0.2) is 41.3 Å². The van der Waals surface area contributed by atoms with Gasteiger partial charge in [0.25, 0.3) is 0 Å². The third-order valence-corrected chi connectivity index (χ3v) is 5.39. The number of ether oxygens (including phenoxy) is 2. The number of hydrogen-bond acceptors (Lipinski definition) is 6. The number of benzene rings is 1. The minimum absolute atomic E-state index is 0.0641. The number of hydrogen-bond donors (Lipinski definition) is 2. The number of aryl methyl sites for hydroxylation is 3. The van der Waals surface area contributed by atoms with Crippen LogP contribution in [-0.4, -0.2) is 39.0 Å². The summed E-state index contributed by atoms with van der Waals surface area (Å²) in [6.45, 7) is 3.60. The molecule has 1 aliphatic rings. The van der Waals surface area contributed by atoms with Crippen molar-refractivity contribution in [2.75, 3.05) is 19.0 Å². The van der Waals surface area contributed by atoms with Gasteiger partial charge in [0.1, 0.15) is 5.82 Å². The summed E-state index contributed by atoms with van der Waals surface area (Å²) in [7, 11) is 1.59. The normalized spacial score (nSPS) is 12.7. The first-order valence-electron chi connectivity index (χ1n) is 11.0. The lowest BCUT2D eigenvalue weighted by atomic mass is 10.2. The van der Waals surface area contributed by atoms with Gasteiger partial charge in [-0.3, -0.25) is 4.57 Å². The van der Waals surface area contributed by atoms with Crippen molar-refractivity contribution in [3.8, 4) is 17.4 Å². The van der Waals surface area contributed by atoms with Crippen LogP contribution in [-0.2, 0) is 19.5 Å². The number of amides is 2. The largest absolute Gasteiger partial charge is 0.493 e. The number of nitrogens with zero attached hydrogens (tertiary/aromatic N) is 4. The maximum Gasteiger partial charge on any atom is 0.345 e. The fourth-order valence-electron chi connectivity index (χ4n) is 3.69. The summed E-state index contributed by atoms with van der Waals surface area (Å²) in [5, 5.41) is 9.91. The molecule has 0 fully saturated rings. The number of urea groups is 1. The lowest BCUT2D eigenvalue weighted by molar-refractivity contribution is 0.251. The van der Waals surface area contributed by atoms with Crippen molar-refractivity contribution in [3.05, 3.63) is 58.4 Å². The molecule has 4 rings (SSSR count). The second-order valence-corrected chi connectivity index (χ2v) is 7.91. The molecule has 0 bridgehead atoms. The van der Waals surface area contributed by atoms with Gasteiger partial charge in [0.05, 0.1) is 19.0 Å². The van der Waals surface area contributed by atoms with E-state index in [1.165, 1.54) is 10.9 Å². The molecule has 174 valence electrons. The Labute approximate surface area is 191 Å². The summed E-state index contributed by atoms with van der Waals surface area (Å²) in [5.41, 5.74) is 1.54. The van der Waals surface area contributed by atoms with E-state index >= 15 is 0 Å². The van der Waals surface area contributed by atoms with Gasteiger partial charge < -0.3 is 20.1 Å². The van der Waals surface area contributed by atoms with E-state index in [1.54, 1.807) is 23.8 Å². The first-order chi connectivity index (χ1) is 16.0. The van der Waals surface area contributed by atoms with Gasteiger partial charge in [0.15, 0.2) is 11.5 Å². The van der Waals surface area contributed by atoms with E-state index in [0.717, 1.165) is 37.2 Å². The number of aromatic nitrogens is 4. The molecule has 1 aliphatic heterocycles. The number of anilines is 1. The average Bonchev–Trinajstić information content (AvgIpc) is 3.14. The maximum atomic E-state index is 12.3. The van der Waals surface area contributed by atoms with Gasteiger partial charge in [-0.2, -0.15) is 5.10 Å². The molecule has 2 aromatic heterocycles. The summed E-state index contributed by atoms with van der Waals surface area (Å²) in [6, 6.07) is 8.66. The molecule has 0 spiro atoms. The van der Waals surface area contributed by atoms with E-state index in [0.29, 0.717) is 42.6 Å². The molecule has 0 atom stereocenters. The zero-order chi connectivity index (χ0) is 23.2. The number of methoxy groups -OCH3 is 1. The Morgan fingerprint density at radius 1 is 1.18 bits per heavy atom. The Bertz CT molecular complexity index is 1170. The van der Waals surface area contributed by atoms with Crippen LogP contribution in [0, 0.1) is 6.92 Å². The molecule has 33 heavy (non-hydrogen) atoms. The van der Waals surface area contributed by atoms with Crippen LogP contribution < -0.4 is 25.8 Å². The number of carbonyl (C=O) groups is 1. The van der Waals surface area contributed by atoms with Crippen molar-refractivity contribution in [2.45, 2.75) is 45.7 Å². The molecule has 10 nitrogen and oxygen atoms in total. The number of pyridine rings is 1. The van der Waals surface area contributed by atoms with Gasteiger partial charge in [0.2, 0.25) is 5.88 Å². The Hall–Kier alpha value is -3.82. The van der Waals surface area contributed by atoms with Crippen LogP contribution in [0.4, 0.5) is 10.5 Å². The van der Waals surface area contributed by atoms with Crippen molar-refractivity contribution in [1.82, 2.24) is 24.6 Å². The van der Waals surface area contributed by atoms with Crippen molar-refractivity contribution in [3.63, 3.8) is 0 Å². The second kappa shape index (κ2) is 10.2. The summed E-state index contributed by atoms with van der Waals surface area (Å²) >= 11 is 0. The first-order valence-corrected chi connectivity index (χ1v) is 11.0. The molecule has 1 aromatic carbocycles. The average molecular weight is 453 g/mol. The zero-order valence-electron chi connectivity index (χ0n) is 18.8. The van der Waals surface area contributed by atoms with E-state index in [-0.39, 0.29) is 11.7 Å². The van der Waals surface area contributed by atoms with E-state index in [9.17, 15) is 9.59 Å². The Balaban J connectivity index is 1.23. The fraction of sp³-hybridized carbons (Fsp3) is 0.391. The van der Waals surface area contributed by atoms with Crippen molar-refractivity contribution in [1.29, 1.82) is 0 Å². The minimum atomic E-state index is -0.345. The predicted molar refractivity (Wildman–Crippen MR) is 123 cm³/mol. The van der Waals surface area contributed by atoms with Crippen molar-refractivity contribution in [2.24, 2.45) is 0 Å². The standard InChI is InChI=1S/C23H28N6O4/c1-16-7-9-18(19(14-16)32-2)33-21-10-8-17(15-25-21)26-22(30)24-11-5-13-29-23(31)28-12-4-3-6-20(28)27-29/h7-10,14-15H,3-6,11-13H2,1-2H3,(H2,24,26,30). The third-order valence-electron chi connectivity index (χ3n) is 5.39. The van der Waals surface area contributed by atoms with Gasteiger partial charge in [-0.25, -0.2) is 19.3 Å². The van der Waals surface area contributed by atoms with Crippen LogP contribution in [0.5, 0.6) is 17.4 Å². The highest BCUT2D eigenvalue weighted by Crippen LogP contribution is 2.31. The zero-order valence-corrected chi connectivity index (χ0v) is 18.8. The topological polar surface area (TPSA) is 112 Å². The third kappa shape index (κ3) is 5.51. The highest BCUT2D eigenvalue weighted by Gasteiger charge is 2.16. The molecule has 0 saturated heterocycles. The number of carbonyl (C=O) groups excluding carboxylic acids is 1. The van der Waals surface area contributed by atoms with Gasteiger partial charge in [-0.15, -0.1) is 0 Å². The quantitative estimate of drug-likeness (QED) is 0.508. The molecule has 10 heteroatoms.